The van der Waals surface area contributed by atoms with Crippen LogP contribution in [0.25, 0.3) is 0 Å². The second kappa shape index (κ2) is 12.9. The summed E-state index contributed by atoms with van der Waals surface area (Å²) in [4.78, 5) is 27.4. The van der Waals surface area contributed by atoms with Crippen LogP contribution in [0.15, 0.2) is 42.5 Å². The molecular weight excluding hydrogens is 420 g/mol. The topological polar surface area (TPSA) is 114 Å². The minimum atomic E-state index is -0.230. The summed E-state index contributed by atoms with van der Waals surface area (Å²) in [6.45, 7) is 5.73. The van der Waals surface area contributed by atoms with Crippen molar-refractivity contribution >= 4 is 11.7 Å². The number of piperidine rings is 1. The van der Waals surface area contributed by atoms with Crippen LogP contribution in [0.2, 0.25) is 0 Å². The number of phenolic OH excluding ortho intramolecular Hbond substituents is 2. The number of hydrogen-bond acceptors (Lipinski definition) is 7. The first-order valence-corrected chi connectivity index (χ1v) is 11.6. The van der Waals surface area contributed by atoms with E-state index in [2.05, 4.69) is 20.9 Å². The fraction of sp³-hybridized carbons (Fsp3) is 0.440. The molecule has 1 aliphatic rings. The van der Waals surface area contributed by atoms with Crippen molar-refractivity contribution in [1.29, 1.82) is 0 Å². The van der Waals surface area contributed by atoms with E-state index in [-0.39, 0.29) is 29.7 Å². The summed E-state index contributed by atoms with van der Waals surface area (Å²) >= 11 is 0. The summed E-state index contributed by atoms with van der Waals surface area (Å²) in [6, 6.07) is 11.4. The molecule has 8 nitrogen and oxygen atoms in total. The van der Waals surface area contributed by atoms with Gasteiger partial charge in [0.1, 0.15) is 0 Å². The molecule has 178 valence electrons. The van der Waals surface area contributed by atoms with Crippen LogP contribution in [0.1, 0.15) is 45.5 Å². The molecule has 0 unspecified atom stereocenters. The van der Waals surface area contributed by atoms with Gasteiger partial charge in [0, 0.05) is 43.9 Å². The van der Waals surface area contributed by atoms with Gasteiger partial charge in [0.15, 0.2) is 17.3 Å². The van der Waals surface area contributed by atoms with E-state index in [1.807, 2.05) is 0 Å². The predicted molar refractivity (Wildman–Crippen MR) is 128 cm³/mol. The third-order valence-corrected chi connectivity index (χ3v) is 5.74. The average molecular weight is 455 g/mol. The maximum absolute atomic E-state index is 12.5. The molecule has 5 N–H and O–H groups in total. The van der Waals surface area contributed by atoms with E-state index in [0.29, 0.717) is 30.8 Å². The summed E-state index contributed by atoms with van der Waals surface area (Å²) in [5, 5.41) is 28.1. The third-order valence-electron chi connectivity index (χ3n) is 5.74. The highest BCUT2D eigenvalue weighted by molar-refractivity contribution is 6.01. The minimum Gasteiger partial charge on any atom is -0.504 e. The molecule has 1 heterocycles. The van der Waals surface area contributed by atoms with Crippen molar-refractivity contribution in [2.75, 3.05) is 45.8 Å². The van der Waals surface area contributed by atoms with Crippen molar-refractivity contribution in [1.82, 2.24) is 20.9 Å². The minimum absolute atomic E-state index is 0.0258. The molecular formula is C25H34N4O4. The zero-order valence-electron chi connectivity index (χ0n) is 19.0. The molecule has 1 amide bonds. The summed E-state index contributed by atoms with van der Waals surface area (Å²) in [5.74, 6) is -0.567. The predicted octanol–water partition coefficient (Wildman–Crippen LogP) is 1.88. The second-order valence-electron chi connectivity index (χ2n) is 8.34. The Balaban J connectivity index is 1.35. The first-order valence-electron chi connectivity index (χ1n) is 11.6. The largest absolute Gasteiger partial charge is 0.504 e. The number of rotatable bonds is 12. The van der Waals surface area contributed by atoms with Crippen molar-refractivity contribution < 1.29 is 19.8 Å². The number of likely N-dealkylation sites (tertiary alicyclic amines) is 1. The molecule has 1 aliphatic heterocycles. The lowest BCUT2D eigenvalue weighted by Gasteiger charge is -2.26. The van der Waals surface area contributed by atoms with Gasteiger partial charge in [0.05, 0.1) is 6.54 Å². The Kier molecular flexibility index (Phi) is 9.68. The SMILES string of the molecule is O=C(CNCCN1CCCCC1)c1cccc(C(=O)NCCNCc2ccc(O)c(O)c2)c1. The van der Waals surface area contributed by atoms with E-state index in [1.165, 1.54) is 31.4 Å². The molecule has 33 heavy (non-hydrogen) atoms. The standard InChI is InChI=1S/C25H34N4O4/c30-22-8-7-19(15-23(22)31)17-26-9-10-28-25(33)21-6-4-5-20(16-21)24(32)18-27-11-14-29-12-2-1-3-13-29/h4-8,15-16,26-27,30-31H,1-3,9-14,17-18H2,(H,28,33). The molecule has 0 bridgehead atoms. The van der Waals surface area contributed by atoms with Gasteiger partial charge in [0.25, 0.3) is 5.91 Å². The molecule has 1 fully saturated rings. The molecule has 2 aromatic rings. The van der Waals surface area contributed by atoms with Crippen LogP contribution in [-0.4, -0.2) is 72.6 Å². The van der Waals surface area contributed by atoms with Gasteiger partial charge in [-0.1, -0.05) is 24.6 Å². The Labute approximate surface area is 195 Å². The lowest BCUT2D eigenvalue weighted by atomic mass is 10.1. The Hall–Kier alpha value is -2.94. The lowest BCUT2D eigenvalue weighted by molar-refractivity contribution is 0.0954. The van der Waals surface area contributed by atoms with E-state index < -0.39 is 0 Å². The number of Topliss-reactive ketones (excluding diaryl/α,β-unsaturated/α-hetero) is 1. The van der Waals surface area contributed by atoms with Gasteiger partial charge < -0.3 is 31.1 Å². The number of nitrogens with zero attached hydrogens (tertiary/aromatic N) is 1. The quantitative estimate of drug-likeness (QED) is 0.189. The average Bonchev–Trinajstić information content (AvgIpc) is 2.84. The number of amides is 1. The van der Waals surface area contributed by atoms with Crippen molar-refractivity contribution in [2.24, 2.45) is 0 Å². The highest BCUT2D eigenvalue weighted by Crippen LogP contribution is 2.24. The zero-order chi connectivity index (χ0) is 23.5. The summed E-state index contributed by atoms with van der Waals surface area (Å²) in [7, 11) is 0. The second-order valence-corrected chi connectivity index (χ2v) is 8.34. The zero-order valence-corrected chi connectivity index (χ0v) is 19.0. The Morgan fingerprint density at radius 1 is 0.848 bits per heavy atom. The maximum Gasteiger partial charge on any atom is 0.251 e. The summed E-state index contributed by atoms with van der Waals surface area (Å²) in [5.41, 5.74) is 1.81. The van der Waals surface area contributed by atoms with Crippen LogP contribution in [0.3, 0.4) is 0 Å². The highest BCUT2D eigenvalue weighted by Gasteiger charge is 2.12. The van der Waals surface area contributed by atoms with E-state index in [4.69, 9.17) is 0 Å². The third kappa shape index (κ3) is 8.16. The van der Waals surface area contributed by atoms with Gasteiger partial charge in [-0.3, -0.25) is 9.59 Å². The van der Waals surface area contributed by atoms with Crippen LogP contribution in [0, 0.1) is 0 Å². The molecule has 0 atom stereocenters. The fourth-order valence-corrected chi connectivity index (χ4v) is 3.84. The smallest absolute Gasteiger partial charge is 0.251 e. The number of phenols is 2. The number of carbonyl (C=O) groups is 2. The van der Waals surface area contributed by atoms with E-state index in [0.717, 1.165) is 31.7 Å². The van der Waals surface area contributed by atoms with E-state index in [1.54, 1.807) is 30.3 Å². The molecule has 2 aromatic carbocycles. The van der Waals surface area contributed by atoms with Crippen molar-refractivity contribution in [3.63, 3.8) is 0 Å². The van der Waals surface area contributed by atoms with Gasteiger partial charge in [-0.15, -0.1) is 0 Å². The van der Waals surface area contributed by atoms with Gasteiger partial charge in [-0.25, -0.2) is 0 Å². The van der Waals surface area contributed by atoms with Crippen molar-refractivity contribution in [3.05, 3.63) is 59.2 Å². The Morgan fingerprint density at radius 3 is 2.42 bits per heavy atom. The monoisotopic (exact) mass is 454 g/mol. The number of hydrogen-bond donors (Lipinski definition) is 5. The molecule has 3 rings (SSSR count). The lowest BCUT2D eigenvalue weighted by Crippen LogP contribution is -2.37. The van der Waals surface area contributed by atoms with Crippen LogP contribution >= 0.6 is 0 Å². The number of aromatic hydroxyl groups is 2. The number of ketones is 1. The molecule has 0 aliphatic carbocycles. The number of carbonyl (C=O) groups excluding carboxylic acids is 2. The molecule has 0 radical (unpaired) electrons. The van der Waals surface area contributed by atoms with Gasteiger partial charge in [-0.2, -0.15) is 0 Å². The van der Waals surface area contributed by atoms with Crippen molar-refractivity contribution in [2.45, 2.75) is 25.8 Å². The Morgan fingerprint density at radius 2 is 1.64 bits per heavy atom. The number of benzene rings is 2. The fourth-order valence-electron chi connectivity index (χ4n) is 3.84. The van der Waals surface area contributed by atoms with Gasteiger partial charge in [-0.05, 0) is 55.8 Å². The maximum atomic E-state index is 12.5. The molecule has 8 heteroatoms. The first-order chi connectivity index (χ1) is 16.0. The Bertz CT molecular complexity index is 928. The van der Waals surface area contributed by atoms with Gasteiger partial charge in [0.2, 0.25) is 0 Å². The first kappa shape index (κ1) is 24.7. The summed E-state index contributed by atoms with van der Waals surface area (Å²) < 4.78 is 0. The normalized spacial score (nSPS) is 14.2. The van der Waals surface area contributed by atoms with E-state index in [9.17, 15) is 19.8 Å². The van der Waals surface area contributed by atoms with Gasteiger partial charge >= 0.3 is 0 Å². The highest BCUT2D eigenvalue weighted by atomic mass is 16.3. The van der Waals surface area contributed by atoms with Crippen LogP contribution in [-0.2, 0) is 6.54 Å². The van der Waals surface area contributed by atoms with Crippen molar-refractivity contribution in [3.8, 4) is 11.5 Å². The summed E-state index contributed by atoms with van der Waals surface area (Å²) in [6.07, 6.45) is 3.83. The van der Waals surface area contributed by atoms with E-state index >= 15 is 0 Å². The molecule has 0 saturated carbocycles. The van der Waals surface area contributed by atoms with Crippen LogP contribution in [0.4, 0.5) is 0 Å². The molecule has 0 spiro atoms. The molecule has 0 aromatic heterocycles. The van der Waals surface area contributed by atoms with Crippen LogP contribution < -0.4 is 16.0 Å². The molecule has 1 saturated heterocycles. The number of nitrogens with one attached hydrogen (secondary N) is 3. The van der Waals surface area contributed by atoms with Crippen LogP contribution in [0.5, 0.6) is 11.5 Å².